The summed E-state index contributed by atoms with van der Waals surface area (Å²) in [6, 6.07) is 0. The molecule has 3 N–H and O–H groups in total. The molecule has 0 aromatic heterocycles. The minimum Gasteiger partial charge on any atom is -0.356 e. The van der Waals surface area contributed by atoms with Crippen LogP contribution in [0.1, 0.15) is 77.0 Å². The zero-order valence-electron chi connectivity index (χ0n) is 14.8. The van der Waals surface area contributed by atoms with Gasteiger partial charge in [-0.2, -0.15) is 0 Å². The smallest absolute Gasteiger partial charge is 0.219 e. The third-order valence-electron chi connectivity index (χ3n) is 4.21. The minimum absolute atomic E-state index is 0.0997. The molecule has 24 heavy (non-hydrogen) atoms. The van der Waals surface area contributed by atoms with Gasteiger partial charge in [0, 0.05) is 38.9 Å². The first kappa shape index (κ1) is 20.5. The van der Waals surface area contributed by atoms with E-state index < -0.39 is 0 Å². The normalized spacial score (nSPS) is 21.8. The SMILES string of the molecule is O=C1CCCCCNC(=O)CCCCCNC(=O)CCCCCN1. The van der Waals surface area contributed by atoms with E-state index in [4.69, 9.17) is 0 Å². The standard InChI is InChI=1S/C18H33N3O3/c22-16-10-4-1-7-13-19-17(23)11-5-2-9-15-21-18(24)12-6-3-8-14-20-16/h1-15H2,(H,19,23)(H,20,22)(H,21,24). The topological polar surface area (TPSA) is 87.3 Å². The largest absolute Gasteiger partial charge is 0.356 e. The van der Waals surface area contributed by atoms with Gasteiger partial charge in [0.1, 0.15) is 0 Å². The first-order chi connectivity index (χ1) is 11.7. The van der Waals surface area contributed by atoms with Crippen LogP contribution < -0.4 is 16.0 Å². The molecule has 0 bridgehead atoms. The summed E-state index contributed by atoms with van der Waals surface area (Å²) in [5, 5.41) is 8.77. The lowest BCUT2D eigenvalue weighted by molar-refractivity contribution is -0.122. The molecule has 1 aliphatic rings. The lowest BCUT2D eigenvalue weighted by atomic mass is 10.1. The maximum absolute atomic E-state index is 11.7. The quantitative estimate of drug-likeness (QED) is 0.631. The summed E-state index contributed by atoms with van der Waals surface area (Å²) >= 11 is 0. The number of carbonyl (C=O) groups excluding carboxylic acids is 3. The maximum atomic E-state index is 11.7. The van der Waals surface area contributed by atoms with Crippen LogP contribution in [0.25, 0.3) is 0 Å². The molecule has 0 saturated carbocycles. The first-order valence-corrected chi connectivity index (χ1v) is 9.48. The first-order valence-electron chi connectivity index (χ1n) is 9.48. The molecule has 138 valence electrons. The third kappa shape index (κ3) is 11.9. The van der Waals surface area contributed by atoms with Crippen molar-refractivity contribution in [2.75, 3.05) is 19.6 Å². The molecular formula is C18H33N3O3. The molecule has 0 spiro atoms. The maximum Gasteiger partial charge on any atom is 0.219 e. The van der Waals surface area contributed by atoms with Crippen LogP contribution in [-0.4, -0.2) is 37.4 Å². The fourth-order valence-corrected chi connectivity index (χ4v) is 2.71. The van der Waals surface area contributed by atoms with Crippen LogP contribution >= 0.6 is 0 Å². The van der Waals surface area contributed by atoms with E-state index >= 15 is 0 Å². The lowest BCUT2D eigenvalue weighted by Gasteiger charge is -2.06. The average molecular weight is 339 g/mol. The zero-order valence-corrected chi connectivity index (χ0v) is 14.8. The van der Waals surface area contributed by atoms with Crippen LogP contribution in [0.3, 0.4) is 0 Å². The number of amides is 3. The summed E-state index contributed by atoms with van der Waals surface area (Å²) in [6.45, 7) is 2.07. The average Bonchev–Trinajstić information content (AvgIpc) is 2.56. The van der Waals surface area contributed by atoms with Crippen LogP contribution in [-0.2, 0) is 14.4 Å². The Morgan fingerprint density at radius 2 is 0.708 bits per heavy atom. The van der Waals surface area contributed by atoms with Gasteiger partial charge in [0.15, 0.2) is 0 Å². The van der Waals surface area contributed by atoms with Gasteiger partial charge in [0.2, 0.25) is 17.7 Å². The van der Waals surface area contributed by atoms with Crippen LogP contribution in [0, 0.1) is 0 Å². The minimum atomic E-state index is 0.0997. The molecule has 3 amide bonds. The highest BCUT2D eigenvalue weighted by Crippen LogP contribution is 2.03. The second-order valence-corrected chi connectivity index (χ2v) is 6.48. The summed E-state index contributed by atoms with van der Waals surface area (Å²) in [5.41, 5.74) is 0. The molecule has 0 aromatic rings. The Labute approximate surface area is 145 Å². The van der Waals surface area contributed by atoms with Crippen LogP contribution in [0.4, 0.5) is 0 Å². The number of nitrogens with one attached hydrogen (secondary N) is 3. The van der Waals surface area contributed by atoms with E-state index in [0.29, 0.717) is 38.9 Å². The fourth-order valence-electron chi connectivity index (χ4n) is 2.71. The summed E-state index contributed by atoms with van der Waals surface area (Å²) in [7, 11) is 0. The molecule has 6 heteroatoms. The van der Waals surface area contributed by atoms with Gasteiger partial charge in [-0.05, 0) is 38.5 Å². The van der Waals surface area contributed by atoms with Gasteiger partial charge < -0.3 is 16.0 Å². The van der Waals surface area contributed by atoms with E-state index in [1.165, 1.54) is 0 Å². The number of hydrogen-bond donors (Lipinski definition) is 3. The molecule has 1 heterocycles. The zero-order chi connectivity index (χ0) is 17.5. The van der Waals surface area contributed by atoms with Crippen molar-refractivity contribution in [1.29, 1.82) is 0 Å². The number of hydrogen-bond acceptors (Lipinski definition) is 3. The van der Waals surface area contributed by atoms with Crippen molar-refractivity contribution < 1.29 is 14.4 Å². The third-order valence-corrected chi connectivity index (χ3v) is 4.21. The van der Waals surface area contributed by atoms with Crippen LogP contribution in [0.5, 0.6) is 0 Å². The van der Waals surface area contributed by atoms with Crippen molar-refractivity contribution in [3.63, 3.8) is 0 Å². The highest BCUT2D eigenvalue weighted by Gasteiger charge is 2.04. The molecule has 6 nitrogen and oxygen atoms in total. The molecule has 1 rings (SSSR count). The van der Waals surface area contributed by atoms with Crippen molar-refractivity contribution >= 4 is 17.7 Å². The Bertz CT molecular complexity index is 299. The number of rotatable bonds is 0. The van der Waals surface area contributed by atoms with E-state index in [9.17, 15) is 14.4 Å². The van der Waals surface area contributed by atoms with E-state index in [2.05, 4.69) is 16.0 Å². The molecule has 0 aromatic carbocycles. The molecule has 1 fully saturated rings. The van der Waals surface area contributed by atoms with E-state index in [1.54, 1.807) is 0 Å². The Balaban J connectivity index is 2.26. The molecule has 0 aliphatic carbocycles. The Kier molecular flexibility index (Phi) is 11.8. The summed E-state index contributed by atoms with van der Waals surface area (Å²) < 4.78 is 0. The van der Waals surface area contributed by atoms with Gasteiger partial charge in [-0.15, -0.1) is 0 Å². The second kappa shape index (κ2) is 13.8. The van der Waals surface area contributed by atoms with Crippen molar-refractivity contribution in [3.05, 3.63) is 0 Å². The fraction of sp³-hybridized carbons (Fsp3) is 0.833. The van der Waals surface area contributed by atoms with Gasteiger partial charge in [0.25, 0.3) is 0 Å². The predicted molar refractivity (Wildman–Crippen MR) is 94.4 cm³/mol. The van der Waals surface area contributed by atoms with Crippen molar-refractivity contribution in [2.24, 2.45) is 0 Å². The summed E-state index contributed by atoms with van der Waals surface area (Å²) in [4.78, 5) is 35.0. The van der Waals surface area contributed by atoms with Crippen LogP contribution in [0.2, 0.25) is 0 Å². The Hall–Kier alpha value is -1.59. The molecular weight excluding hydrogens is 306 g/mol. The Morgan fingerprint density at radius 3 is 1.00 bits per heavy atom. The van der Waals surface area contributed by atoms with Gasteiger partial charge in [-0.25, -0.2) is 0 Å². The lowest BCUT2D eigenvalue weighted by Crippen LogP contribution is -2.25. The van der Waals surface area contributed by atoms with Gasteiger partial charge in [-0.3, -0.25) is 14.4 Å². The molecule has 0 radical (unpaired) electrons. The predicted octanol–water partition coefficient (Wildman–Crippen LogP) is 2.03. The second-order valence-electron chi connectivity index (χ2n) is 6.48. The van der Waals surface area contributed by atoms with E-state index in [0.717, 1.165) is 57.8 Å². The van der Waals surface area contributed by atoms with Crippen molar-refractivity contribution in [2.45, 2.75) is 77.0 Å². The Morgan fingerprint density at radius 1 is 0.417 bits per heavy atom. The van der Waals surface area contributed by atoms with E-state index in [-0.39, 0.29) is 17.7 Å². The van der Waals surface area contributed by atoms with Crippen LogP contribution in [0.15, 0.2) is 0 Å². The highest BCUT2D eigenvalue weighted by atomic mass is 16.2. The van der Waals surface area contributed by atoms with Gasteiger partial charge in [-0.1, -0.05) is 19.3 Å². The van der Waals surface area contributed by atoms with Crippen molar-refractivity contribution in [1.82, 2.24) is 16.0 Å². The number of carbonyl (C=O) groups is 3. The molecule has 1 saturated heterocycles. The molecule has 0 unspecified atom stereocenters. The van der Waals surface area contributed by atoms with E-state index in [1.807, 2.05) is 0 Å². The highest BCUT2D eigenvalue weighted by molar-refractivity contribution is 5.76. The monoisotopic (exact) mass is 339 g/mol. The molecule has 0 atom stereocenters. The molecule has 1 aliphatic heterocycles. The van der Waals surface area contributed by atoms with Gasteiger partial charge in [0.05, 0.1) is 0 Å². The van der Waals surface area contributed by atoms with Gasteiger partial charge >= 0.3 is 0 Å². The summed E-state index contributed by atoms with van der Waals surface area (Å²) in [5.74, 6) is 0.299. The summed E-state index contributed by atoms with van der Waals surface area (Å²) in [6.07, 6.45) is 9.89. The van der Waals surface area contributed by atoms with Crippen molar-refractivity contribution in [3.8, 4) is 0 Å².